The van der Waals surface area contributed by atoms with E-state index in [-0.39, 0.29) is 24.2 Å². The predicted octanol–water partition coefficient (Wildman–Crippen LogP) is 3.58. The molecule has 4 nitrogen and oxygen atoms in total. The molecule has 0 bridgehead atoms. The van der Waals surface area contributed by atoms with Crippen molar-refractivity contribution in [2.45, 2.75) is 44.8 Å². The molecule has 1 atom stereocenters. The van der Waals surface area contributed by atoms with Crippen molar-refractivity contribution in [3.63, 3.8) is 0 Å². The Hall–Kier alpha value is -2.49. The number of benzene rings is 2. The van der Waals surface area contributed by atoms with E-state index in [0.717, 1.165) is 30.6 Å². The monoisotopic (exact) mass is 337 g/mol. The summed E-state index contributed by atoms with van der Waals surface area (Å²) in [7, 11) is 0. The van der Waals surface area contributed by atoms with Crippen LogP contribution in [-0.2, 0) is 17.6 Å². The maximum absolute atomic E-state index is 12.3. The van der Waals surface area contributed by atoms with Gasteiger partial charge in [0, 0.05) is 12.0 Å². The van der Waals surface area contributed by atoms with Crippen LogP contribution in [0.15, 0.2) is 42.5 Å². The van der Waals surface area contributed by atoms with Gasteiger partial charge in [-0.3, -0.25) is 4.79 Å². The van der Waals surface area contributed by atoms with Crippen molar-refractivity contribution in [3.05, 3.63) is 59.2 Å². The minimum absolute atomic E-state index is 0.00108. The molecule has 1 heterocycles. The molecule has 0 aromatic heterocycles. The van der Waals surface area contributed by atoms with E-state index in [2.05, 4.69) is 31.3 Å². The van der Waals surface area contributed by atoms with Crippen molar-refractivity contribution in [2.75, 3.05) is 6.61 Å². The number of aryl methyl sites for hydroxylation is 1. The predicted molar refractivity (Wildman–Crippen MR) is 96.0 cm³/mol. The lowest BCUT2D eigenvalue weighted by Crippen LogP contribution is -2.31. The third-order valence-corrected chi connectivity index (χ3v) is 4.88. The first-order valence-corrected chi connectivity index (χ1v) is 8.83. The van der Waals surface area contributed by atoms with Gasteiger partial charge >= 0.3 is 0 Å². The van der Waals surface area contributed by atoms with Crippen LogP contribution in [0.25, 0.3) is 0 Å². The molecule has 0 saturated heterocycles. The zero-order valence-electron chi connectivity index (χ0n) is 14.7. The van der Waals surface area contributed by atoms with Crippen LogP contribution in [0.2, 0.25) is 0 Å². The number of nitrogens with one attached hydrogen (secondary N) is 1. The SMILES string of the molecule is CC1(C)Cc2cccc(OCC(=O)NC3CCc4ccccc43)c2O1. The smallest absolute Gasteiger partial charge is 0.258 e. The van der Waals surface area contributed by atoms with Gasteiger partial charge in [0.1, 0.15) is 5.60 Å². The van der Waals surface area contributed by atoms with E-state index in [1.165, 1.54) is 11.1 Å². The van der Waals surface area contributed by atoms with Crippen LogP contribution in [-0.4, -0.2) is 18.1 Å². The van der Waals surface area contributed by atoms with Gasteiger partial charge in [-0.15, -0.1) is 0 Å². The molecular formula is C21H23NO3. The molecule has 1 N–H and O–H groups in total. The van der Waals surface area contributed by atoms with Crippen molar-refractivity contribution in [1.29, 1.82) is 0 Å². The lowest BCUT2D eigenvalue weighted by molar-refractivity contribution is -0.123. The van der Waals surface area contributed by atoms with Crippen molar-refractivity contribution >= 4 is 5.91 Å². The summed E-state index contributed by atoms with van der Waals surface area (Å²) in [5.41, 5.74) is 3.46. The van der Waals surface area contributed by atoms with E-state index in [4.69, 9.17) is 9.47 Å². The number of hydrogen-bond donors (Lipinski definition) is 1. The first kappa shape index (κ1) is 16.0. The van der Waals surface area contributed by atoms with Crippen LogP contribution < -0.4 is 14.8 Å². The maximum Gasteiger partial charge on any atom is 0.258 e. The summed E-state index contributed by atoms with van der Waals surface area (Å²) < 4.78 is 11.7. The minimum atomic E-state index is -0.225. The molecule has 1 unspecified atom stereocenters. The summed E-state index contributed by atoms with van der Waals surface area (Å²) in [4.78, 5) is 12.3. The molecule has 4 rings (SSSR count). The number of ether oxygens (including phenoxy) is 2. The normalized spacial score (nSPS) is 19.7. The molecule has 1 aliphatic heterocycles. The number of amides is 1. The highest BCUT2D eigenvalue weighted by atomic mass is 16.5. The third kappa shape index (κ3) is 3.21. The Morgan fingerprint density at radius 3 is 2.88 bits per heavy atom. The van der Waals surface area contributed by atoms with Gasteiger partial charge in [0.15, 0.2) is 18.1 Å². The zero-order chi connectivity index (χ0) is 17.4. The fourth-order valence-corrected chi connectivity index (χ4v) is 3.79. The average molecular weight is 337 g/mol. The number of fused-ring (bicyclic) bond motifs is 2. The van der Waals surface area contributed by atoms with E-state index < -0.39 is 0 Å². The first-order valence-electron chi connectivity index (χ1n) is 8.83. The Kier molecular flexibility index (Phi) is 3.91. The lowest BCUT2D eigenvalue weighted by atomic mass is 10.0. The van der Waals surface area contributed by atoms with Gasteiger partial charge in [-0.25, -0.2) is 0 Å². The average Bonchev–Trinajstić information content (AvgIpc) is 3.12. The number of para-hydroxylation sites is 1. The van der Waals surface area contributed by atoms with Crippen molar-refractivity contribution in [1.82, 2.24) is 5.32 Å². The van der Waals surface area contributed by atoms with E-state index in [0.29, 0.717) is 5.75 Å². The van der Waals surface area contributed by atoms with Gasteiger partial charge in [-0.2, -0.15) is 0 Å². The molecule has 2 aromatic rings. The summed E-state index contributed by atoms with van der Waals surface area (Å²) in [6.07, 6.45) is 2.81. The Bertz CT molecular complexity index is 813. The van der Waals surface area contributed by atoms with E-state index in [1.807, 2.05) is 30.3 Å². The third-order valence-electron chi connectivity index (χ3n) is 4.88. The molecule has 25 heavy (non-hydrogen) atoms. The standard InChI is InChI=1S/C21H23NO3/c1-21(2)12-15-7-5-9-18(20(15)25-21)24-13-19(23)22-17-11-10-14-6-3-4-8-16(14)17/h3-9,17H,10-13H2,1-2H3,(H,22,23). The summed E-state index contributed by atoms with van der Waals surface area (Å²) in [6, 6.07) is 14.2. The number of hydrogen-bond acceptors (Lipinski definition) is 3. The molecule has 1 amide bonds. The quantitative estimate of drug-likeness (QED) is 0.927. The topological polar surface area (TPSA) is 47.6 Å². The highest BCUT2D eigenvalue weighted by Crippen LogP contribution is 2.41. The molecule has 1 aliphatic carbocycles. The second-order valence-electron chi connectivity index (χ2n) is 7.43. The van der Waals surface area contributed by atoms with Crippen LogP contribution in [0.1, 0.15) is 43.0 Å². The van der Waals surface area contributed by atoms with Gasteiger partial charge in [0.25, 0.3) is 5.91 Å². The zero-order valence-corrected chi connectivity index (χ0v) is 14.7. The Morgan fingerprint density at radius 1 is 1.20 bits per heavy atom. The van der Waals surface area contributed by atoms with E-state index in [1.54, 1.807) is 0 Å². The van der Waals surface area contributed by atoms with Crippen LogP contribution in [0.5, 0.6) is 11.5 Å². The van der Waals surface area contributed by atoms with E-state index >= 15 is 0 Å². The molecule has 2 aromatic carbocycles. The summed E-state index contributed by atoms with van der Waals surface area (Å²) in [5.74, 6) is 1.31. The van der Waals surface area contributed by atoms with Crippen LogP contribution in [0.3, 0.4) is 0 Å². The second-order valence-corrected chi connectivity index (χ2v) is 7.43. The maximum atomic E-state index is 12.3. The van der Waals surface area contributed by atoms with Crippen molar-refractivity contribution < 1.29 is 14.3 Å². The Morgan fingerprint density at radius 2 is 2.00 bits per heavy atom. The number of carbonyl (C=O) groups excluding carboxylic acids is 1. The van der Waals surface area contributed by atoms with Crippen molar-refractivity contribution in [2.24, 2.45) is 0 Å². The molecule has 0 spiro atoms. The van der Waals surface area contributed by atoms with Crippen LogP contribution in [0.4, 0.5) is 0 Å². The van der Waals surface area contributed by atoms with Gasteiger partial charge in [-0.05, 0) is 43.9 Å². The molecule has 0 radical (unpaired) electrons. The second kappa shape index (κ2) is 6.10. The molecule has 4 heteroatoms. The Labute approximate surface area is 148 Å². The largest absolute Gasteiger partial charge is 0.483 e. The van der Waals surface area contributed by atoms with E-state index in [9.17, 15) is 4.79 Å². The number of carbonyl (C=O) groups is 1. The summed E-state index contributed by atoms with van der Waals surface area (Å²) in [5, 5.41) is 3.08. The molecule has 0 saturated carbocycles. The van der Waals surface area contributed by atoms with Gasteiger partial charge in [-0.1, -0.05) is 36.4 Å². The summed E-state index contributed by atoms with van der Waals surface area (Å²) >= 11 is 0. The highest BCUT2D eigenvalue weighted by molar-refractivity contribution is 5.78. The van der Waals surface area contributed by atoms with Crippen LogP contribution in [0, 0.1) is 0 Å². The molecule has 2 aliphatic rings. The molecule has 0 fully saturated rings. The number of rotatable bonds is 4. The minimum Gasteiger partial charge on any atom is -0.483 e. The van der Waals surface area contributed by atoms with Gasteiger partial charge < -0.3 is 14.8 Å². The highest BCUT2D eigenvalue weighted by Gasteiger charge is 2.32. The van der Waals surface area contributed by atoms with Gasteiger partial charge in [0.05, 0.1) is 6.04 Å². The van der Waals surface area contributed by atoms with Crippen LogP contribution >= 0.6 is 0 Å². The first-order chi connectivity index (χ1) is 12.0. The fraction of sp³-hybridized carbons (Fsp3) is 0.381. The molecule has 130 valence electrons. The lowest BCUT2D eigenvalue weighted by Gasteiger charge is -2.18. The summed E-state index contributed by atoms with van der Waals surface area (Å²) in [6.45, 7) is 4.11. The van der Waals surface area contributed by atoms with Crippen molar-refractivity contribution in [3.8, 4) is 11.5 Å². The molecular weight excluding hydrogens is 314 g/mol. The Balaban J connectivity index is 1.39. The fourth-order valence-electron chi connectivity index (χ4n) is 3.79. The van der Waals surface area contributed by atoms with Gasteiger partial charge in [0.2, 0.25) is 0 Å².